The number of nitrogens with one attached hydrogen (secondary N) is 1. The Labute approximate surface area is 137 Å². The second-order valence-electron chi connectivity index (χ2n) is 5.68. The second kappa shape index (κ2) is 8.34. The van der Waals surface area contributed by atoms with Crippen LogP contribution in [0.15, 0.2) is 48.5 Å². The first kappa shape index (κ1) is 17.0. The van der Waals surface area contributed by atoms with Crippen LogP contribution in [0.2, 0.25) is 0 Å². The predicted octanol–water partition coefficient (Wildman–Crippen LogP) is 3.29. The highest BCUT2D eigenvalue weighted by Gasteiger charge is 2.06. The predicted molar refractivity (Wildman–Crippen MR) is 90.5 cm³/mol. The van der Waals surface area contributed by atoms with Crippen molar-refractivity contribution in [3.63, 3.8) is 0 Å². The summed E-state index contributed by atoms with van der Waals surface area (Å²) in [5.41, 5.74) is 2.92. The lowest BCUT2D eigenvalue weighted by molar-refractivity contribution is 0.0600. The van der Waals surface area contributed by atoms with Gasteiger partial charge in [-0.3, -0.25) is 0 Å². The van der Waals surface area contributed by atoms with Crippen LogP contribution in [0.4, 0.5) is 0 Å². The van der Waals surface area contributed by atoms with Crippen molar-refractivity contribution in [2.45, 2.75) is 32.4 Å². The fourth-order valence-corrected chi connectivity index (χ4v) is 2.32. The average Bonchev–Trinajstić information content (AvgIpc) is 2.59. The molecule has 0 aliphatic heterocycles. The molecule has 0 heterocycles. The fourth-order valence-electron chi connectivity index (χ4n) is 2.32. The van der Waals surface area contributed by atoms with E-state index in [1.54, 1.807) is 24.3 Å². The molecule has 0 amide bonds. The van der Waals surface area contributed by atoms with Gasteiger partial charge >= 0.3 is 5.97 Å². The fraction of sp³-hybridized carbons (Fsp3) is 0.316. The second-order valence-corrected chi connectivity index (χ2v) is 5.68. The Kier molecular flexibility index (Phi) is 6.18. The lowest BCUT2D eigenvalue weighted by atomic mass is 10.1. The van der Waals surface area contributed by atoms with Gasteiger partial charge in [-0.1, -0.05) is 24.3 Å². The normalized spacial score (nSPS) is 11.9. The number of carbonyl (C=O) groups is 1. The molecule has 4 nitrogen and oxygen atoms in total. The van der Waals surface area contributed by atoms with Crippen molar-refractivity contribution in [3.8, 4) is 5.75 Å². The summed E-state index contributed by atoms with van der Waals surface area (Å²) in [6.07, 6.45) is 1.99. The van der Waals surface area contributed by atoms with E-state index >= 15 is 0 Å². The van der Waals surface area contributed by atoms with E-state index in [2.05, 4.69) is 17.0 Å². The molecular formula is C19H23NO3. The maximum absolute atomic E-state index is 11.4. The van der Waals surface area contributed by atoms with Gasteiger partial charge in [-0.05, 0) is 55.2 Å². The van der Waals surface area contributed by atoms with E-state index in [-0.39, 0.29) is 5.97 Å². The van der Waals surface area contributed by atoms with Crippen LogP contribution in [-0.4, -0.2) is 24.2 Å². The summed E-state index contributed by atoms with van der Waals surface area (Å²) in [7, 11) is 1.38. The number of carbonyl (C=O) groups excluding carboxylic acids is 1. The first-order valence-electron chi connectivity index (χ1n) is 7.77. The van der Waals surface area contributed by atoms with Crippen LogP contribution in [0.3, 0.4) is 0 Å². The van der Waals surface area contributed by atoms with Gasteiger partial charge in [-0.2, -0.15) is 0 Å². The van der Waals surface area contributed by atoms with Crippen molar-refractivity contribution in [2.75, 3.05) is 7.11 Å². The first-order chi connectivity index (χ1) is 11.1. The van der Waals surface area contributed by atoms with Crippen molar-refractivity contribution in [1.29, 1.82) is 0 Å². The van der Waals surface area contributed by atoms with Gasteiger partial charge in [0.15, 0.2) is 0 Å². The van der Waals surface area contributed by atoms with Crippen LogP contribution in [0, 0.1) is 0 Å². The van der Waals surface area contributed by atoms with Gasteiger partial charge in [0, 0.05) is 12.6 Å². The Morgan fingerprint density at radius 2 is 1.70 bits per heavy atom. The maximum atomic E-state index is 11.4. The lowest BCUT2D eigenvalue weighted by Crippen LogP contribution is -2.26. The van der Waals surface area contributed by atoms with E-state index in [1.165, 1.54) is 12.7 Å². The van der Waals surface area contributed by atoms with Crippen molar-refractivity contribution in [3.05, 3.63) is 65.2 Å². The van der Waals surface area contributed by atoms with E-state index in [4.69, 9.17) is 0 Å². The van der Waals surface area contributed by atoms with Gasteiger partial charge in [0.2, 0.25) is 0 Å². The topological polar surface area (TPSA) is 58.6 Å². The zero-order valence-corrected chi connectivity index (χ0v) is 13.6. The van der Waals surface area contributed by atoms with E-state index in [0.717, 1.165) is 24.9 Å². The van der Waals surface area contributed by atoms with Gasteiger partial charge in [-0.15, -0.1) is 0 Å². The highest BCUT2D eigenvalue weighted by atomic mass is 16.5. The maximum Gasteiger partial charge on any atom is 0.337 e. The van der Waals surface area contributed by atoms with Crippen LogP contribution in [0.25, 0.3) is 0 Å². The van der Waals surface area contributed by atoms with Crippen molar-refractivity contribution < 1.29 is 14.6 Å². The van der Waals surface area contributed by atoms with Gasteiger partial charge in [0.1, 0.15) is 5.75 Å². The molecule has 0 fully saturated rings. The molecule has 0 aliphatic rings. The van der Waals surface area contributed by atoms with Gasteiger partial charge in [0.25, 0.3) is 0 Å². The molecule has 0 aliphatic carbocycles. The number of aryl methyl sites for hydroxylation is 1. The molecule has 0 aromatic heterocycles. The Hall–Kier alpha value is -2.33. The minimum absolute atomic E-state index is 0.301. The molecule has 2 rings (SSSR count). The van der Waals surface area contributed by atoms with Gasteiger partial charge < -0.3 is 15.2 Å². The van der Waals surface area contributed by atoms with Crippen LogP contribution in [-0.2, 0) is 17.7 Å². The molecule has 0 bridgehead atoms. The summed E-state index contributed by atoms with van der Waals surface area (Å²) in [4.78, 5) is 11.4. The third-order valence-electron chi connectivity index (χ3n) is 3.83. The van der Waals surface area contributed by atoms with E-state index in [9.17, 15) is 9.90 Å². The SMILES string of the molecule is COC(=O)c1ccc(CNC(C)CCc2ccc(O)cc2)cc1. The third-order valence-corrected chi connectivity index (χ3v) is 3.83. The Bertz CT molecular complexity index is 620. The molecule has 2 aromatic carbocycles. The zero-order valence-electron chi connectivity index (χ0n) is 13.6. The minimum Gasteiger partial charge on any atom is -0.508 e. The molecule has 2 N–H and O–H groups in total. The number of hydrogen-bond donors (Lipinski definition) is 2. The first-order valence-corrected chi connectivity index (χ1v) is 7.77. The molecular weight excluding hydrogens is 290 g/mol. The molecule has 0 saturated heterocycles. The number of hydrogen-bond acceptors (Lipinski definition) is 4. The standard InChI is InChI=1S/C19H23NO3/c1-14(3-4-15-7-11-18(21)12-8-15)20-13-16-5-9-17(10-6-16)19(22)23-2/h5-12,14,20-21H,3-4,13H2,1-2H3. The minimum atomic E-state index is -0.313. The summed E-state index contributed by atoms with van der Waals surface area (Å²) in [5.74, 6) is -0.0119. The van der Waals surface area contributed by atoms with Crippen molar-refractivity contribution in [2.24, 2.45) is 0 Å². The molecule has 0 radical (unpaired) electrons. The van der Waals surface area contributed by atoms with Gasteiger partial charge in [0.05, 0.1) is 12.7 Å². The molecule has 23 heavy (non-hydrogen) atoms. The largest absolute Gasteiger partial charge is 0.508 e. The van der Waals surface area contributed by atoms with Crippen molar-refractivity contribution in [1.82, 2.24) is 5.32 Å². The number of esters is 1. The van der Waals surface area contributed by atoms with Crippen LogP contribution in [0.1, 0.15) is 34.8 Å². The summed E-state index contributed by atoms with van der Waals surface area (Å²) < 4.78 is 4.69. The summed E-state index contributed by atoms with van der Waals surface area (Å²) in [6.45, 7) is 2.92. The number of ether oxygens (including phenoxy) is 1. The molecule has 122 valence electrons. The molecule has 1 atom stereocenters. The molecule has 4 heteroatoms. The summed E-state index contributed by atoms with van der Waals surface area (Å²) in [6, 6.07) is 15.2. The lowest BCUT2D eigenvalue weighted by Gasteiger charge is -2.14. The number of methoxy groups -OCH3 is 1. The van der Waals surface area contributed by atoms with Crippen LogP contribution < -0.4 is 5.32 Å². The van der Waals surface area contributed by atoms with Crippen molar-refractivity contribution >= 4 is 5.97 Å². The average molecular weight is 313 g/mol. The van der Waals surface area contributed by atoms with E-state index in [0.29, 0.717) is 17.4 Å². The quantitative estimate of drug-likeness (QED) is 0.770. The number of phenolic OH excluding ortho intramolecular Hbond substituents is 1. The number of benzene rings is 2. The zero-order chi connectivity index (χ0) is 16.7. The summed E-state index contributed by atoms with van der Waals surface area (Å²) in [5, 5.41) is 12.8. The Morgan fingerprint density at radius 1 is 1.09 bits per heavy atom. The Morgan fingerprint density at radius 3 is 2.30 bits per heavy atom. The van der Waals surface area contributed by atoms with E-state index < -0.39 is 0 Å². The highest BCUT2D eigenvalue weighted by Crippen LogP contribution is 2.12. The van der Waals surface area contributed by atoms with Gasteiger partial charge in [-0.25, -0.2) is 4.79 Å². The smallest absolute Gasteiger partial charge is 0.337 e. The highest BCUT2D eigenvalue weighted by molar-refractivity contribution is 5.89. The molecule has 2 aromatic rings. The Balaban J connectivity index is 1.76. The molecule has 0 saturated carbocycles. The number of aromatic hydroxyl groups is 1. The third kappa shape index (κ3) is 5.42. The van der Waals surface area contributed by atoms with E-state index in [1.807, 2.05) is 24.3 Å². The number of phenols is 1. The summed E-state index contributed by atoms with van der Waals surface area (Å²) >= 11 is 0. The molecule has 1 unspecified atom stereocenters. The molecule has 0 spiro atoms. The monoisotopic (exact) mass is 313 g/mol. The number of rotatable bonds is 7. The van der Waals surface area contributed by atoms with Crippen LogP contribution in [0.5, 0.6) is 5.75 Å². The van der Waals surface area contributed by atoms with Crippen LogP contribution >= 0.6 is 0 Å².